The number of carbonyl (C=O) groups is 1. The minimum atomic E-state index is -1.40. The van der Waals surface area contributed by atoms with Gasteiger partial charge in [-0.2, -0.15) is 0 Å². The third-order valence-electron chi connectivity index (χ3n) is 5.18. The highest BCUT2D eigenvalue weighted by molar-refractivity contribution is 7.82. The summed E-state index contributed by atoms with van der Waals surface area (Å²) < 4.78 is 16.9. The summed E-state index contributed by atoms with van der Waals surface area (Å²) in [5.74, 6) is 0.247. The highest BCUT2D eigenvalue weighted by Crippen LogP contribution is 2.42. The van der Waals surface area contributed by atoms with Gasteiger partial charge in [-0.05, 0) is 39.1 Å². The third kappa shape index (κ3) is 3.17. The number of halogens is 2. The fourth-order valence-corrected chi connectivity index (χ4v) is 5.46. The largest absolute Gasteiger partial charge is 0.304 e. The summed E-state index contributed by atoms with van der Waals surface area (Å²) in [5, 5.41) is 1.38. The molecular weight excluding hydrogens is 421 g/mol. The molecule has 28 heavy (non-hydrogen) atoms. The van der Waals surface area contributed by atoms with Crippen molar-refractivity contribution < 1.29 is 9.00 Å². The minimum Gasteiger partial charge on any atom is -0.304 e. The van der Waals surface area contributed by atoms with Crippen LogP contribution in [0.3, 0.4) is 0 Å². The number of carbonyl (C=O) groups excluding carboxylic acids is 1. The van der Waals surface area contributed by atoms with E-state index in [1.54, 1.807) is 42.8 Å². The van der Waals surface area contributed by atoms with Crippen LogP contribution in [0.5, 0.6) is 0 Å². The van der Waals surface area contributed by atoms with Gasteiger partial charge in [0.2, 0.25) is 5.95 Å². The van der Waals surface area contributed by atoms with Crippen molar-refractivity contribution in [3.05, 3.63) is 34.4 Å². The molecular formula is C18H21Cl2N5O2S. The van der Waals surface area contributed by atoms with Crippen LogP contribution in [0.4, 0.5) is 11.6 Å². The van der Waals surface area contributed by atoms with Crippen LogP contribution in [0.15, 0.2) is 29.4 Å². The Morgan fingerprint density at radius 3 is 2.29 bits per heavy atom. The summed E-state index contributed by atoms with van der Waals surface area (Å²) in [6, 6.07) is 4.95. The molecule has 7 nitrogen and oxygen atoms in total. The molecule has 0 bridgehead atoms. The van der Waals surface area contributed by atoms with Crippen molar-refractivity contribution in [1.29, 1.82) is 0 Å². The summed E-state index contributed by atoms with van der Waals surface area (Å²) in [6.07, 6.45) is 1.59. The Labute approximate surface area is 176 Å². The van der Waals surface area contributed by atoms with Gasteiger partial charge in [0.25, 0.3) is 5.91 Å². The van der Waals surface area contributed by atoms with Crippen molar-refractivity contribution in [1.82, 2.24) is 18.8 Å². The second-order valence-corrected chi connectivity index (χ2v) is 9.85. The third-order valence-corrected chi connectivity index (χ3v) is 7.09. The Hall–Kier alpha value is -1.45. The number of rotatable bonds is 3. The second kappa shape index (κ2) is 7.11. The van der Waals surface area contributed by atoms with Crippen LogP contribution in [-0.4, -0.2) is 62.1 Å². The summed E-state index contributed by atoms with van der Waals surface area (Å²) in [7, 11) is 0.647. The molecule has 3 heterocycles. The SMILES string of the molecule is CN1CCN(S(=O)c2cnc3n2C(C)(C)C(=O)N3c2cc(Cl)cc(Cl)c2)CC1. The first-order chi connectivity index (χ1) is 13.2. The molecule has 1 amide bonds. The van der Waals surface area contributed by atoms with Crippen LogP contribution in [0.25, 0.3) is 0 Å². The Balaban J connectivity index is 1.76. The van der Waals surface area contributed by atoms with E-state index in [0.29, 0.717) is 39.8 Å². The molecule has 10 heteroatoms. The molecule has 2 aromatic rings. The summed E-state index contributed by atoms with van der Waals surface area (Å²) in [6.45, 7) is 6.70. The molecule has 1 fully saturated rings. The zero-order valence-corrected chi connectivity index (χ0v) is 18.2. The lowest BCUT2D eigenvalue weighted by Crippen LogP contribution is -2.45. The van der Waals surface area contributed by atoms with Crippen LogP contribution >= 0.6 is 23.2 Å². The molecule has 2 aliphatic rings. The van der Waals surface area contributed by atoms with Crippen LogP contribution in [0, 0.1) is 0 Å². The van der Waals surface area contributed by atoms with Gasteiger partial charge in [0.15, 0.2) is 0 Å². The molecule has 0 saturated carbocycles. The summed E-state index contributed by atoms with van der Waals surface area (Å²) in [4.78, 5) is 21.4. The van der Waals surface area contributed by atoms with Gasteiger partial charge >= 0.3 is 0 Å². The molecule has 4 rings (SSSR count). The van der Waals surface area contributed by atoms with Gasteiger partial charge in [-0.15, -0.1) is 0 Å². The zero-order valence-electron chi connectivity index (χ0n) is 15.9. The van der Waals surface area contributed by atoms with E-state index in [2.05, 4.69) is 9.88 Å². The molecule has 0 spiro atoms. The first kappa shape index (κ1) is 19.8. The molecule has 1 aromatic heterocycles. The van der Waals surface area contributed by atoms with E-state index in [-0.39, 0.29) is 5.91 Å². The Morgan fingerprint density at radius 2 is 1.68 bits per heavy atom. The van der Waals surface area contributed by atoms with Gasteiger partial charge in [-0.3, -0.25) is 9.36 Å². The van der Waals surface area contributed by atoms with E-state index in [1.807, 2.05) is 11.4 Å². The van der Waals surface area contributed by atoms with Crippen LogP contribution in [0.2, 0.25) is 10.0 Å². The lowest BCUT2D eigenvalue weighted by atomic mass is 10.1. The number of anilines is 2. The Kier molecular flexibility index (Phi) is 5.04. The van der Waals surface area contributed by atoms with Gasteiger partial charge in [0, 0.05) is 36.2 Å². The number of aromatic nitrogens is 2. The number of amides is 1. The summed E-state index contributed by atoms with van der Waals surface area (Å²) >= 11 is 12.3. The van der Waals surface area contributed by atoms with E-state index in [9.17, 15) is 9.00 Å². The topological polar surface area (TPSA) is 61.7 Å². The minimum absolute atomic E-state index is 0.175. The fourth-order valence-electron chi connectivity index (χ4n) is 3.58. The molecule has 1 aromatic carbocycles. The molecule has 1 atom stereocenters. The molecule has 0 N–H and O–H groups in total. The molecule has 1 unspecified atom stereocenters. The summed E-state index contributed by atoms with van der Waals surface area (Å²) in [5.41, 5.74) is -0.394. The van der Waals surface area contributed by atoms with Gasteiger partial charge in [-0.1, -0.05) is 23.2 Å². The quantitative estimate of drug-likeness (QED) is 0.734. The molecule has 150 valence electrons. The van der Waals surface area contributed by atoms with Crippen molar-refractivity contribution in [2.24, 2.45) is 0 Å². The second-order valence-electron chi connectivity index (χ2n) is 7.54. The number of imidazole rings is 1. The van der Waals surface area contributed by atoms with Crippen molar-refractivity contribution in [3.8, 4) is 0 Å². The van der Waals surface area contributed by atoms with Crippen LogP contribution in [-0.2, 0) is 21.3 Å². The van der Waals surface area contributed by atoms with E-state index < -0.39 is 16.5 Å². The highest BCUT2D eigenvalue weighted by Gasteiger charge is 2.48. The predicted molar refractivity (Wildman–Crippen MR) is 111 cm³/mol. The zero-order chi connectivity index (χ0) is 20.2. The average Bonchev–Trinajstić information content (AvgIpc) is 3.13. The van der Waals surface area contributed by atoms with Crippen molar-refractivity contribution in [3.63, 3.8) is 0 Å². The van der Waals surface area contributed by atoms with Crippen LogP contribution < -0.4 is 4.90 Å². The van der Waals surface area contributed by atoms with E-state index in [0.717, 1.165) is 13.1 Å². The first-order valence-electron chi connectivity index (χ1n) is 8.94. The van der Waals surface area contributed by atoms with Gasteiger partial charge < -0.3 is 4.90 Å². The lowest BCUT2D eigenvalue weighted by molar-refractivity contribution is -0.123. The van der Waals surface area contributed by atoms with E-state index in [1.165, 1.54) is 4.90 Å². The Bertz CT molecular complexity index is 949. The predicted octanol–water partition coefficient (Wildman–Crippen LogP) is 2.87. The molecule has 2 aliphatic heterocycles. The van der Waals surface area contributed by atoms with Gasteiger partial charge in [0.1, 0.15) is 21.6 Å². The van der Waals surface area contributed by atoms with Crippen molar-refractivity contribution in [2.75, 3.05) is 38.1 Å². The number of nitrogens with zero attached hydrogens (tertiary/aromatic N) is 5. The van der Waals surface area contributed by atoms with Crippen molar-refractivity contribution >= 4 is 51.7 Å². The molecule has 0 aliphatic carbocycles. The fraction of sp³-hybridized carbons (Fsp3) is 0.444. The van der Waals surface area contributed by atoms with Crippen molar-refractivity contribution in [2.45, 2.75) is 24.4 Å². The lowest BCUT2D eigenvalue weighted by Gasteiger charge is -2.31. The number of piperazine rings is 1. The monoisotopic (exact) mass is 441 g/mol. The average molecular weight is 442 g/mol. The van der Waals surface area contributed by atoms with Gasteiger partial charge in [-0.25, -0.2) is 18.4 Å². The number of hydrogen-bond donors (Lipinski definition) is 0. The molecule has 1 saturated heterocycles. The number of fused-ring (bicyclic) bond motifs is 1. The number of benzene rings is 1. The maximum absolute atomic E-state index is 13.3. The Morgan fingerprint density at radius 1 is 1.07 bits per heavy atom. The number of hydrogen-bond acceptors (Lipinski definition) is 4. The maximum atomic E-state index is 13.3. The number of likely N-dealkylation sites (N-methyl/N-ethyl adjacent to an activating group) is 1. The van der Waals surface area contributed by atoms with E-state index >= 15 is 0 Å². The highest BCUT2D eigenvalue weighted by atomic mass is 35.5. The molecule has 0 radical (unpaired) electrons. The van der Waals surface area contributed by atoms with E-state index in [4.69, 9.17) is 23.2 Å². The first-order valence-corrected chi connectivity index (χ1v) is 10.8. The standard InChI is InChI=1S/C18H21Cl2N5O2S/c1-18(2)16(26)24(14-9-12(19)8-13(20)10-14)17-21-11-15(25(17)18)28(27)23-6-4-22(3)5-7-23/h8-11H,4-7H2,1-3H3. The smallest absolute Gasteiger partial charge is 0.259 e. The van der Waals surface area contributed by atoms with Crippen LogP contribution in [0.1, 0.15) is 13.8 Å². The van der Waals surface area contributed by atoms with Gasteiger partial charge in [0.05, 0.1) is 11.9 Å². The maximum Gasteiger partial charge on any atom is 0.259 e. The normalized spacial score (nSPS) is 21.2.